The van der Waals surface area contributed by atoms with Gasteiger partial charge in [0.1, 0.15) is 17.5 Å². The lowest BCUT2D eigenvalue weighted by Gasteiger charge is -2.42. The highest BCUT2D eigenvalue weighted by Crippen LogP contribution is 2.41. The number of likely N-dealkylation sites (tertiary alicyclic amines) is 1. The maximum absolute atomic E-state index is 13.9. The summed E-state index contributed by atoms with van der Waals surface area (Å²) in [6.07, 6.45) is 0.488. The minimum absolute atomic E-state index is 0.0726. The predicted molar refractivity (Wildman–Crippen MR) is 163 cm³/mol. The van der Waals surface area contributed by atoms with Gasteiger partial charge in [-0.3, -0.25) is 9.69 Å². The monoisotopic (exact) mass is 591 g/mol. The number of nitrogens with one attached hydrogen (secondary N) is 1. The van der Waals surface area contributed by atoms with Crippen molar-refractivity contribution in [3.8, 4) is 5.75 Å². The molecule has 8 nitrogen and oxygen atoms in total. The van der Waals surface area contributed by atoms with Gasteiger partial charge in [-0.1, -0.05) is 49.4 Å². The van der Waals surface area contributed by atoms with Gasteiger partial charge in [0, 0.05) is 43.3 Å². The molecule has 3 aromatic rings. The van der Waals surface area contributed by atoms with E-state index in [-0.39, 0.29) is 16.8 Å². The zero-order valence-corrected chi connectivity index (χ0v) is 25.6. The number of nitrogens with zero attached hydrogens (tertiary/aromatic N) is 2. The van der Waals surface area contributed by atoms with Crippen LogP contribution in [-0.4, -0.2) is 66.6 Å². The number of likely N-dealkylation sites (N-methyl/N-ethyl adjacent to an activating group) is 1. The Morgan fingerprint density at radius 1 is 1.05 bits per heavy atom. The standard InChI is InChI=1S/C33H41N3O5S/c1-5-23-12-15-27(16-13-23)42(39,40)34-30-28-20-25(14-17-29(28)41-33(3,4)31(30)37)32(38)36(6-2)26-18-19-35(22-26)21-24-10-8-7-9-11-24/h7-17,20,26,30-31,34,37H,5-6,18-19,21-22H2,1-4H3/t26-,30-,31+/m1/s1. The van der Waals surface area contributed by atoms with Crippen molar-refractivity contribution in [1.29, 1.82) is 0 Å². The lowest BCUT2D eigenvalue weighted by atomic mass is 9.86. The van der Waals surface area contributed by atoms with Gasteiger partial charge in [-0.05, 0) is 75.1 Å². The quantitative estimate of drug-likeness (QED) is 0.379. The molecule has 0 aromatic heterocycles. The van der Waals surface area contributed by atoms with Crippen molar-refractivity contribution in [2.75, 3.05) is 19.6 Å². The molecule has 9 heteroatoms. The average Bonchev–Trinajstić information content (AvgIpc) is 3.43. The zero-order valence-electron chi connectivity index (χ0n) is 24.8. The highest BCUT2D eigenvalue weighted by Gasteiger charge is 2.45. The summed E-state index contributed by atoms with van der Waals surface area (Å²) >= 11 is 0. The third-order valence-corrected chi connectivity index (χ3v) is 9.91. The van der Waals surface area contributed by atoms with Crippen LogP contribution in [0.4, 0.5) is 0 Å². The van der Waals surface area contributed by atoms with E-state index in [4.69, 9.17) is 4.74 Å². The summed E-state index contributed by atoms with van der Waals surface area (Å²) in [5, 5.41) is 11.3. The fraction of sp³-hybridized carbons (Fsp3) is 0.424. The first-order valence-corrected chi connectivity index (χ1v) is 16.2. The second-order valence-electron chi connectivity index (χ2n) is 11.8. The Bertz CT molecular complexity index is 1510. The molecule has 0 unspecified atom stereocenters. The lowest BCUT2D eigenvalue weighted by molar-refractivity contribution is -0.0603. The zero-order chi connectivity index (χ0) is 30.1. The number of aryl methyl sites for hydroxylation is 1. The fourth-order valence-corrected chi connectivity index (χ4v) is 7.21. The van der Waals surface area contributed by atoms with Gasteiger partial charge in [0.05, 0.1) is 10.9 Å². The highest BCUT2D eigenvalue weighted by atomic mass is 32.2. The summed E-state index contributed by atoms with van der Waals surface area (Å²) in [7, 11) is -3.98. The van der Waals surface area contributed by atoms with Crippen molar-refractivity contribution in [3.05, 3.63) is 95.1 Å². The molecule has 2 heterocycles. The van der Waals surface area contributed by atoms with Gasteiger partial charge in [-0.25, -0.2) is 13.1 Å². The second kappa shape index (κ2) is 12.2. The number of sulfonamides is 1. The molecule has 0 saturated carbocycles. The number of carbonyl (C=O) groups excluding carboxylic acids is 1. The number of fused-ring (bicyclic) bond motifs is 1. The largest absolute Gasteiger partial charge is 0.485 e. The molecular formula is C33H41N3O5S. The second-order valence-corrected chi connectivity index (χ2v) is 13.5. The van der Waals surface area contributed by atoms with E-state index < -0.39 is 27.8 Å². The van der Waals surface area contributed by atoms with E-state index in [0.29, 0.717) is 23.4 Å². The van der Waals surface area contributed by atoms with E-state index in [1.165, 1.54) is 5.56 Å². The molecule has 1 fully saturated rings. The van der Waals surface area contributed by atoms with E-state index in [9.17, 15) is 18.3 Å². The predicted octanol–water partition coefficient (Wildman–Crippen LogP) is 4.54. The van der Waals surface area contributed by atoms with Crippen LogP contribution >= 0.6 is 0 Å². The Kier molecular flexibility index (Phi) is 8.76. The van der Waals surface area contributed by atoms with Crippen LogP contribution in [-0.2, 0) is 23.0 Å². The van der Waals surface area contributed by atoms with Crippen molar-refractivity contribution in [2.24, 2.45) is 0 Å². The molecule has 0 radical (unpaired) electrons. The van der Waals surface area contributed by atoms with E-state index in [2.05, 4.69) is 21.8 Å². The molecule has 1 amide bonds. The van der Waals surface area contributed by atoms with Gasteiger partial charge >= 0.3 is 0 Å². The molecule has 2 aliphatic rings. The number of carbonyl (C=O) groups is 1. The summed E-state index contributed by atoms with van der Waals surface area (Å²) in [6, 6.07) is 21.2. The lowest BCUT2D eigenvalue weighted by Crippen LogP contribution is -2.53. The molecular weight excluding hydrogens is 550 g/mol. The van der Waals surface area contributed by atoms with E-state index in [1.807, 2.05) is 36.9 Å². The van der Waals surface area contributed by atoms with Gasteiger partial charge in [0.15, 0.2) is 0 Å². The Morgan fingerprint density at radius 3 is 2.43 bits per heavy atom. The number of hydrogen-bond acceptors (Lipinski definition) is 6. The number of benzene rings is 3. The molecule has 5 rings (SSSR count). The number of aliphatic hydroxyl groups is 1. The number of rotatable bonds is 9. The van der Waals surface area contributed by atoms with Crippen LogP contribution < -0.4 is 9.46 Å². The maximum atomic E-state index is 13.9. The van der Waals surface area contributed by atoms with Crippen LogP contribution in [0.1, 0.15) is 67.2 Å². The first-order chi connectivity index (χ1) is 20.0. The first-order valence-electron chi connectivity index (χ1n) is 14.7. The van der Waals surface area contributed by atoms with Gasteiger partial charge in [-0.15, -0.1) is 0 Å². The SMILES string of the molecule is CCc1ccc(S(=O)(=O)N[C@@H]2c3cc(C(=O)N(CC)[C@@H]4CCN(Cc5ccccc5)C4)ccc3OC(C)(C)[C@H]2O)cc1. The molecule has 42 heavy (non-hydrogen) atoms. The molecule has 0 spiro atoms. The van der Waals surface area contributed by atoms with E-state index >= 15 is 0 Å². The van der Waals surface area contributed by atoms with Crippen molar-refractivity contribution in [3.63, 3.8) is 0 Å². The number of hydrogen-bond donors (Lipinski definition) is 2. The topological polar surface area (TPSA) is 99.2 Å². The Hall–Kier alpha value is -3.24. The summed E-state index contributed by atoms with van der Waals surface area (Å²) in [4.78, 5) is 18.2. The van der Waals surface area contributed by atoms with Crippen LogP contribution in [0.3, 0.4) is 0 Å². The molecule has 224 valence electrons. The normalized spacial score (nSPS) is 21.9. The third kappa shape index (κ3) is 6.24. The van der Waals surface area contributed by atoms with Crippen molar-refractivity contribution in [2.45, 2.75) is 75.8 Å². The minimum atomic E-state index is -3.98. The van der Waals surface area contributed by atoms with Crippen LogP contribution in [0.25, 0.3) is 0 Å². The van der Waals surface area contributed by atoms with Gasteiger partial charge in [-0.2, -0.15) is 0 Å². The van der Waals surface area contributed by atoms with E-state index in [0.717, 1.165) is 38.0 Å². The number of amides is 1. The third-order valence-electron chi connectivity index (χ3n) is 8.46. The minimum Gasteiger partial charge on any atom is -0.485 e. The molecule has 0 bridgehead atoms. The maximum Gasteiger partial charge on any atom is 0.254 e. The molecule has 3 atom stereocenters. The number of ether oxygens (including phenoxy) is 1. The molecule has 1 saturated heterocycles. The first kappa shape index (κ1) is 30.2. The Labute approximate surface area is 249 Å². The van der Waals surface area contributed by atoms with Gasteiger partial charge in [0.2, 0.25) is 10.0 Å². The fourth-order valence-electron chi connectivity index (χ4n) is 5.99. The molecule has 0 aliphatic carbocycles. The summed E-state index contributed by atoms with van der Waals surface area (Å²) in [5.41, 5.74) is 2.09. The Balaban J connectivity index is 1.39. The average molecular weight is 592 g/mol. The number of aliphatic hydroxyl groups excluding tert-OH is 1. The molecule has 2 aliphatic heterocycles. The summed E-state index contributed by atoms with van der Waals surface area (Å²) in [5.74, 6) is 0.316. The van der Waals surface area contributed by atoms with Crippen LogP contribution in [0.2, 0.25) is 0 Å². The van der Waals surface area contributed by atoms with Crippen LogP contribution in [0.5, 0.6) is 5.75 Å². The molecule has 2 N–H and O–H groups in total. The summed E-state index contributed by atoms with van der Waals surface area (Å²) in [6.45, 7) is 10.5. The van der Waals surface area contributed by atoms with Crippen molar-refractivity contribution >= 4 is 15.9 Å². The smallest absolute Gasteiger partial charge is 0.254 e. The van der Waals surface area contributed by atoms with Gasteiger partial charge < -0.3 is 14.7 Å². The highest BCUT2D eigenvalue weighted by molar-refractivity contribution is 7.89. The van der Waals surface area contributed by atoms with E-state index in [1.54, 1.807) is 56.3 Å². The Morgan fingerprint density at radius 2 is 1.76 bits per heavy atom. The van der Waals surface area contributed by atoms with Crippen LogP contribution in [0.15, 0.2) is 77.7 Å². The van der Waals surface area contributed by atoms with Crippen LogP contribution in [0, 0.1) is 0 Å². The molecule has 3 aromatic carbocycles. The van der Waals surface area contributed by atoms with Crippen molar-refractivity contribution in [1.82, 2.24) is 14.5 Å². The van der Waals surface area contributed by atoms with Gasteiger partial charge in [0.25, 0.3) is 5.91 Å². The summed E-state index contributed by atoms with van der Waals surface area (Å²) < 4.78 is 35.7. The van der Waals surface area contributed by atoms with Crippen molar-refractivity contribution < 1.29 is 23.1 Å².